The molecule has 1 saturated heterocycles. The number of nitrogens with two attached hydrogens (primary N) is 1. The molecule has 1 aliphatic carbocycles. The van der Waals surface area contributed by atoms with Gasteiger partial charge in [-0.05, 0) is 26.7 Å². The van der Waals surface area contributed by atoms with Crippen molar-refractivity contribution in [1.82, 2.24) is 4.90 Å². The third-order valence-electron chi connectivity index (χ3n) is 4.63. The molecular weight excluding hydrogens is 226 g/mol. The molecule has 0 spiro atoms. The summed E-state index contributed by atoms with van der Waals surface area (Å²) in [7, 11) is 0. The van der Waals surface area contributed by atoms with Gasteiger partial charge in [-0.2, -0.15) is 0 Å². The predicted molar refractivity (Wildman–Crippen MR) is 74.6 cm³/mol. The predicted octanol–water partition coefficient (Wildman–Crippen LogP) is 1.85. The Kier molecular flexibility index (Phi) is 3.85. The van der Waals surface area contributed by atoms with Gasteiger partial charge in [0.25, 0.3) is 0 Å². The Morgan fingerprint density at radius 1 is 1.39 bits per heavy atom. The average molecular weight is 253 g/mol. The summed E-state index contributed by atoms with van der Waals surface area (Å²) >= 11 is 0. The lowest BCUT2D eigenvalue weighted by Crippen LogP contribution is -2.64. The van der Waals surface area contributed by atoms with E-state index < -0.39 is 0 Å². The maximum absolute atomic E-state index is 6.13. The Morgan fingerprint density at radius 3 is 2.67 bits per heavy atom. The summed E-state index contributed by atoms with van der Waals surface area (Å²) in [6.07, 6.45) is 2.77. The lowest BCUT2D eigenvalue weighted by molar-refractivity contribution is -0.182. The van der Waals surface area contributed by atoms with Gasteiger partial charge in [-0.3, -0.25) is 0 Å². The van der Waals surface area contributed by atoms with Crippen LogP contribution in [0.25, 0.3) is 0 Å². The highest BCUT2D eigenvalue weighted by atomic mass is 16.5. The molecule has 1 saturated carbocycles. The first kappa shape index (κ1) is 13.7. The van der Waals surface area contributed by atoms with E-state index in [9.17, 15) is 0 Å². The molecule has 0 radical (unpaired) electrons. The van der Waals surface area contributed by atoms with Crippen LogP contribution in [0.5, 0.6) is 0 Å². The van der Waals surface area contributed by atoms with Crippen molar-refractivity contribution in [2.24, 2.45) is 22.1 Å². The maximum Gasteiger partial charge on any atom is 0.191 e. The summed E-state index contributed by atoms with van der Waals surface area (Å²) in [5, 5.41) is 0. The summed E-state index contributed by atoms with van der Waals surface area (Å²) in [6.45, 7) is 11.5. The van der Waals surface area contributed by atoms with E-state index in [1.54, 1.807) is 0 Å². The van der Waals surface area contributed by atoms with Crippen LogP contribution in [0.15, 0.2) is 4.99 Å². The molecule has 2 aliphatic rings. The van der Waals surface area contributed by atoms with Crippen LogP contribution in [0.4, 0.5) is 0 Å². The van der Waals surface area contributed by atoms with Crippen molar-refractivity contribution in [2.75, 3.05) is 19.7 Å². The van der Waals surface area contributed by atoms with Crippen LogP contribution >= 0.6 is 0 Å². The first-order chi connectivity index (χ1) is 8.52. The molecule has 0 amide bonds. The fourth-order valence-electron chi connectivity index (χ4n) is 3.53. The normalized spacial score (nSPS) is 34.7. The first-order valence-electron chi connectivity index (χ1n) is 7.22. The van der Waals surface area contributed by atoms with Gasteiger partial charge in [0.2, 0.25) is 0 Å². The number of nitrogens with zero attached hydrogens (tertiary/aromatic N) is 2. The van der Waals surface area contributed by atoms with Gasteiger partial charge in [0.1, 0.15) is 0 Å². The summed E-state index contributed by atoms with van der Waals surface area (Å²) in [5.41, 5.74) is 6.26. The maximum atomic E-state index is 6.13. The largest absolute Gasteiger partial charge is 0.377 e. The van der Waals surface area contributed by atoms with Crippen LogP contribution in [0.1, 0.15) is 40.5 Å². The van der Waals surface area contributed by atoms with Crippen LogP contribution in [-0.4, -0.2) is 42.7 Å². The van der Waals surface area contributed by atoms with Crippen LogP contribution in [-0.2, 0) is 4.74 Å². The fourth-order valence-corrected chi connectivity index (χ4v) is 3.53. The number of rotatable bonds is 3. The van der Waals surface area contributed by atoms with Crippen molar-refractivity contribution in [3.8, 4) is 0 Å². The number of fused-ring (bicyclic) bond motifs is 1. The lowest BCUT2D eigenvalue weighted by atomic mass is 9.55. The van der Waals surface area contributed by atoms with E-state index in [1.165, 1.54) is 6.42 Å². The lowest BCUT2D eigenvalue weighted by Gasteiger charge is -2.58. The number of aliphatic imine (C=N–C) groups is 1. The molecule has 4 heteroatoms. The third-order valence-corrected chi connectivity index (χ3v) is 4.63. The number of ether oxygens (including phenoxy) is 1. The van der Waals surface area contributed by atoms with E-state index in [2.05, 4.69) is 32.6 Å². The summed E-state index contributed by atoms with van der Waals surface area (Å²) in [5.74, 6) is 1.27. The standard InChI is InChI=1S/C14H27N3O/c1-5-17(6-2)13(15)16-11-10-8-7-9-18-12(10)14(11,3)4/h10-12H,5-9H2,1-4H3,(H2,15,16). The van der Waals surface area contributed by atoms with Gasteiger partial charge in [-0.1, -0.05) is 13.8 Å². The second-order valence-electron chi connectivity index (χ2n) is 6.02. The molecule has 104 valence electrons. The van der Waals surface area contributed by atoms with Crippen molar-refractivity contribution in [1.29, 1.82) is 0 Å². The molecule has 3 unspecified atom stereocenters. The molecule has 0 aromatic carbocycles. The van der Waals surface area contributed by atoms with E-state index in [4.69, 9.17) is 15.5 Å². The van der Waals surface area contributed by atoms with Crippen LogP contribution in [0, 0.1) is 11.3 Å². The summed E-state index contributed by atoms with van der Waals surface area (Å²) in [4.78, 5) is 6.92. The van der Waals surface area contributed by atoms with E-state index in [-0.39, 0.29) is 5.41 Å². The smallest absolute Gasteiger partial charge is 0.191 e. The Bertz CT molecular complexity index is 323. The zero-order chi connectivity index (χ0) is 13.3. The van der Waals surface area contributed by atoms with Crippen LogP contribution in [0.2, 0.25) is 0 Å². The molecule has 0 bridgehead atoms. The Labute approximate surface area is 111 Å². The molecule has 18 heavy (non-hydrogen) atoms. The average Bonchev–Trinajstić information content (AvgIpc) is 2.37. The molecule has 3 atom stereocenters. The van der Waals surface area contributed by atoms with Crippen molar-refractivity contribution in [3.63, 3.8) is 0 Å². The minimum absolute atomic E-state index is 0.128. The van der Waals surface area contributed by atoms with Gasteiger partial charge in [-0.25, -0.2) is 4.99 Å². The second kappa shape index (κ2) is 5.08. The van der Waals surface area contributed by atoms with Crippen molar-refractivity contribution in [2.45, 2.75) is 52.7 Å². The van der Waals surface area contributed by atoms with E-state index in [0.29, 0.717) is 24.0 Å². The molecule has 2 rings (SSSR count). The molecule has 2 fully saturated rings. The molecule has 2 N–H and O–H groups in total. The van der Waals surface area contributed by atoms with Crippen molar-refractivity contribution >= 4 is 5.96 Å². The molecular formula is C14H27N3O. The Hall–Kier alpha value is -0.770. The van der Waals surface area contributed by atoms with Crippen molar-refractivity contribution in [3.05, 3.63) is 0 Å². The Balaban J connectivity index is 2.10. The Morgan fingerprint density at radius 2 is 2.06 bits per heavy atom. The third kappa shape index (κ3) is 2.11. The topological polar surface area (TPSA) is 50.8 Å². The van der Waals surface area contributed by atoms with Gasteiger partial charge in [0.05, 0.1) is 12.1 Å². The second-order valence-corrected chi connectivity index (χ2v) is 6.02. The summed E-state index contributed by atoms with van der Waals surface area (Å²) < 4.78 is 5.89. The molecule has 1 aliphatic heterocycles. The van der Waals surface area contributed by atoms with Gasteiger partial charge >= 0.3 is 0 Å². The fraction of sp³-hybridized carbons (Fsp3) is 0.929. The molecule has 4 nitrogen and oxygen atoms in total. The molecule has 0 aromatic rings. The van der Waals surface area contributed by atoms with E-state index in [0.717, 1.165) is 26.1 Å². The van der Waals surface area contributed by atoms with E-state index >= 15 is 0 Å². The first-order valence-corrected chi connectivity index (χ1v) is 7.22. The zero-order valence-corrected chi connectivity index (χ0v) is 12.1. The van der Waals surface area contributed by atoms with Gasteiger partial charge < -0.3 is 15.4 Å². The number of hydrogen-bond acceptors (Lipinski definition) is 2. The van der Waals surface area contributed by atoms with Gasteiger partial charge in [0.15, 0.2) is 5.96 Å². The minimum Gasteiger partial charge on any atom is -0.377 e. The number of hydrogen-bond donors (Lipinski definition) is 1. The SMILES string of the molecule is CCN(CC)C(N)=NC1C2CCCOC2C1(C)C. The highest BCUT2D eigenvalue weighted by Gasteiger charge is 2.58. The highest BCUT2D eigenvalue weighted by molar-refractivity contribution is 5.78. The summed E-state index contributed by atoms with van der Waals surface area (Å²) in [6, 6.07) is 0.323. The van der Waals surface area contributed by atoms with Crippen LogP contribution < -0.4 is 5.73 Å². The van der Waals surface area contributed by atoms with Crippen molar-refractivity contribution < 1.29 is 4.74 Å². The van der Waals surface area contributed by atoms with Gasteiger partial charge in [-0.15, -0.1) is 0 Å². The minimum atomic E-state index is 0.128. The highest BCUT2D eigenvalue weighted by Crippen LogP contribution is 2.53. The number of guanidine groups is 1. The molecule has 1 heterocycles. The zero-order valence-electron chi connectivity index (χ0n) is 12.1. The van der Waals surface area contributed by atoms with Crippen LogP contribution in [0.3, 0.4) is 0 Å². The monoisotopic (exact) mass is 253 g/mol. The van der Waals surface area contributed by atoms with E-state index in [1.807, 2.05) is 0 Å². The molecule has 0 aromatic heterocycles. The van der Waals surface area contributed by atoms with Gasteiger partial charge in [0, 0.05) is 31.0 Å². The quantitative estimate of drug-likeness (QED) is 0.617.